The molecule has 0 bridgehead atoms. The summed E-state index contributed by atoms with van der Waals surface area (Å²) in [6.07, 6.45) is 0. The van der Waals surface area contributed by atoms with Crippen LogP contribution in [-0.4, -0.2) is 15.8 Å². The molecule has 5 heteroatoms. The van der Waals surface area contributed by atoms with Crippen molar-refractivity contribution in [2.24, 2.45) is 0 Å². The highest BCUT2D eigenvalue weighted by atomic mass is 16.3. The molecule has 6 heterocycles. The minimum atomic E-state index is -0.122. The van der Waals surface area contributed by atoms with Gasteiger partial charge in [0.1, 0.15) is 11.2 Å². The molecule has 0 N–H and O–H groups in total. The molecular weight excluding hydrogens is 717 g/mol. The topological polar surface area (TPSA) is 25.7 Å². The van der Waals surface area contributed by atoms with E-state index in [0.29, 0.717) is 0 Å². The first-order valence-corrected chi connectivity index (χ1v) is 20.5. The summed E-state index contributed by atoms with van der Waals surface area (Å²) in [5.41, 5.74) is 18.9. The third-order valence-corrected chi connectivity index (χ3v) is 13.6. The number of benzene rings is 9. The minimum Gasteiger partial charge on any atom is -0.455 e. The van der Waals surface area contributed by atoms with Crippen LogP contribution in [0.25, 0.3) is 110 Å². The maximum atomic E-state index is 7.07. The van der Waals surface area contributed by atoms with E-state index in [0.717, 1.165) is 27.6 Å². The lowest BCUT2D eigenvalue weighted by atomic mass is 9.44. The van der Waals surface area contributed by atoms with Crippen LogP contribution in [0.5, 0.6) is 0 Å². The molecule has 59 heavy (non-hydrogen) atoms. The second-order valence-electron chi connectivity index (χ2n) is 16.4. The van der Waals surface area contributed by atoms with Crippen LogP contribution in [0.15, 0.2) is 186 Å². The molecule has 0 spiro atoms. The van der Waals surface area contributed by atoms with Crippen molar-refractivity contribution in [2.75, 3.05) is 4.81 Å². The van der Waals surface area contributed by atoms with E-state index in [-0.39, 0.29) is 6.85 Å². The first kappa shape index (κ1) is 30.4. The molecule has 4 aromatic heterocycles. The molecule has 2 aliphatic heterocycles. The van der Waals surface area contributed by atoms with E-state index in [2.05, 4.69) is 196 Å². The Morgan fingerprint density at radius 2 is 1.05 bits per heavy atom. The average molecular weight is 748 g/mol. The lowest BCUT2D eigenvalue weighted by Crippen LogP contribution is -2.60. The first-order valence-electron chi connectivity index (χ1n) is 20.5. The van der Waals surface area contributed by atoms with Crippen molar-refractivity contribution < 1.29 is 4.42 Å². The van der Waals surface area contributed by atoms with Gasteiger partial charge in [-0.1, -0.05) is 133 Å². The highest BCUT2D eigenvalue weighted by Crippen LogP contribution is 2.51. The standard InChI is InChI=1S/C54H30BN3O/c1-2-12-31(13-3-1)32-24-26-33(27-25-32)58-47-28-40-39-18-10-17-37-34-14-4-7-21-44(34)56(52(37)39)46(40)30-42(47)50-51-48(29-41-36-16-6-9-23-49(36)59-54(41)50)57-45-22-8-5-15-35(45)38-19-11-20-43(53(38)57)55(51)58/h1-30H. The maximum Gasteiger partial charge on any atom is 0.333 e. The molecule has 0 radical (unpaired) electrons. The van der Waals surface area contributed by atoms with Crippen LogP contribution in [0.1, 0.15) is 0 Å². The van der Waals surface area contributed by atoms with Crippen LogP contribution in [-0.2, 0) is 0 Å². The third kappa shape index (κ3) is 3.64. The fourth-order valence-corrected chi connectivity index (χ4v) is 11.3. The van der Waals surface area contributed by atoms with E-state index in [1.54, 1.807) is 0 Å². The Morgan fingerprint density at radius 1 is 0.424 bits per heavy atom. The maximum absolute atomic E-state index is 7.07. The van der Waals surface area contributed by atoms with Crippen LogP contribution < -0.4 is 15.7 Å². The highest BCUT2D eigenvalue weighted by molar-refractivity contribution is 6.94. The van der Waals surface area contributed by atoms with Gasteiger partial charge in [0.05, 0.1) is 27.6 Å². The molecule has 9 aromatic carbocycles. The number of fused-ring (bicyclic) bond motifs is 17. The Balaban J connectivity index is 1.15. The van der Waals surface area contributed by atoms with Gasteiger partial charge >= 0.3 is 6.85 Å². The molecule has 0 atom stereocenters. The van der Waals surface area contributed by atoms with E-state index in [1.807, 2.05) is 0 Å². The lowest BCUT2D eigenvalue weighted by Gasteiger charge is -2.42. The summed E-state index contributed by atoms with van der Waals surface area (Å²) in [5, 5.41) is 9.92. The van der Waals surface area contributed by atoms with Crippen molar-refractivity contribution in [3.8, 4) is 27.9 Å². The SMILES string of the molecule is c1ccc(-c2ccc(N3B4c5c(cc6c(oc7ccccc76)c5-c5cc6c(cc53)c3cccc5c7ccccc7n6c53)-n3c5ccccc5c5cccc4c53)cc2)cc1. The van der Waals surface area contributed by atoms with E-state index in [4.69, 9.17) is 4.42 Å². The van der Waals surface area contributed by atoms with Crippen molar-refractivity contribution >= 4 is 111 Å². The van der Waals surface area contributed by atoms with Crippen molar-refractivity contribution in [3.63, 3.8) is 0 Å². The van der Waals surface area contributed by atoms with E-state index in [1.165, 1.54) is 104 Å². The number of furan rings is 1. The van der Waals surface area contributed by atoms with Gasteiger partial charge in [-0.25, -0.2) is 0 Å². The molecule has 0 aliphatic carbocycles. The highest BCUT2D eigenvalue weighted by Gasteiger charge is 2.45. The molecule has 15 rings (SSSR count). The van der Waals surface area contributed by atoms with Gasteiger partial charge in [-0.05, 0) is 70.6 Å². The molecule has 270 valence electrons. The Morgan fingerprint density at radius 3 is 1.88 bits per heavy atom. The van der Waals surface area contributed by atoms with Crippen LogP contribution in [0.2, 0.25) is 0 Å². The minimum absolute atomic E-state index is 0.122. The van der Waals surface area contributed by atoms with E-state index >= 15 is 0 Å². The third-order valence-electron chi connectivity index (χ3n) is 13.6. The molecule has 2 aliphatic rings. The number of para-hydroxylation sites is 5. The van der Waals surface area contributed by atoms with Gasteiger partial charge < -0.3 is 18.2 Å². The zero-order valence-corrected chi connectivity index (χ0v) is 31.6. The molecule has 4 nitrogen and oxygen atoms in total. The van der Waals surface area contributed by atoms with Gasteiger partial charge in [-0.15, -0.1) is 0 Å². The quantitative estimate of drug-likeness (QED) is 0.165. The zero-order chi connectivity index (χ0) is 38.1. The van der Waals surface area contributed by atoms with Gasteiger partial charge in [-0.3, -0.25) is 0 Å². The Kier molecular flexibility index (Phi) is 5.46. The van der Waals surface area contributed by atoms with Crippen molar-refractivity contribution in [1.29, 1.82) is 0 Å². The largest absolute Gasteiger partial charge is 0.455 e. The zero-order valence-electron chi connectivity index (χ0n) is 31.6. The fraction of sp³-hybridized carbons (Fsp3) is 0. The summed E-state index contributed by atoms with van der Waals surface area (Å²) in [7, 11) is 0. The van der Waals surface area contributed by atoms with Crippen LogP contribution in [0.4, 0.5) is 11.4 Å². The number of aromatic nitrogens is 2. The van der Waals surface area contributed by atoms with Crippen molar-refractivity contribution in [1.82, 2.24) is 8.97 Å². The second kappa shape index (κ2) is 10.6. The average Bonchev–Trinajstić information content (AvgIpc) is 4.04. The number of anilines is 2. The lowest BCUT2D eigenvalue weighted by molar-refractivity contribution is 0.670. The van der Waals surface area contributed by atoms with Gasteiger partial charge in [-0.2, -0.15) is 0 Å². The summed E-state index contributed by atoms with van der Waals surface area (Å²) >= 11 is 0. The van der Waals surface area contributed by atoms with Gasteiger partial charge in [0.15, 0.2) is 0 Å². The number of hydrogen-bond donors (Lipinski definition) is 0. The summed E-state index contributed by atoms with van der Waals surface area (Å²) in [5.74, 6) is 0. The van der Waals surface area contributed by atoms with Gasteiger partial charge in [0.25, 0.3) is 0 Å². The van der Waals surface area contributed by atoms with Crippen molar-refractivity contribution in [2.45, 2.75) is 0 Å². The molecular formula is C54H30BN3O. The first-order chi connectivity index (χ1) is 29.3. The summed E-state index contributed by atoms with van der Waals surface area (Å²) in [6, 6.07) is 67.3. The normalized spacial score (nSPS) is 13.4. The molecule has 0 saturated heterocycles. The summed E-state index contributed by atoms with van der Waals surface area (Å²) < 4.78 is 12.1. The second-order valence-corrected chi connectivity index (χ2v) is 16.4. The molecule has 0 fully saturated rings. The van der Waals surface area contributed by atoms with Gasteiger partial charge in [0, 0.05) is 71.3 Å². The molecule has 0 amide bonds. The predicted molar refractivity (Wildman–Crippen MR) is 247 cm³/mol. The fourth-order valence-electron chi connectivity index (χ4n) is 11.3. The Bertz CT molecular complexity index is 3970. The predicted octanol–water partition coefficient (Wildman–Crippen LogP) is 12.7. The Hall–Kier alpha value is -7.76. The number of rotatable bonds is 2. The van der Waals surface area contributed by atoms with Crippen LogP contribution in [0.3, 0.4) is 0 Å². The summed E-state index contributed by atoms with van der Waals surface area (Å²) in [4.78, 5) is 2.63. The van der Waals surface area contributed by atoms with Gasteiger partial charge in [0.2, 0.25) is 0 Å². The molecule has 0 saturated carbocycles. The molecule has 13 aromatic rings. The Labute approximate surface area is 337 Å². The summed E-state index contributed by atoms with van der Waals surface area (Å²) in [6.45, 7) is -0.122. The number of hydrogen-bond acceptors (Lipinski definition) is 2. The smallest absolute Gasteiger partial charge is 0.333 e. The monoisotopic (exact) mass is 747 g/mol. The van der Waals surface area contributed by atoms with E-state index < -0.39 is 0 Å². The number of nitrogens with zero attached hydrogens (tertiary/aromatic N) is 3. The molecule has 0 unspecified atom stereocenters. The van der Waals surface area contributed by atoms with E-state index in [9.17, 15) is 0 Å². The van der Waals surface area contributed by atoms with Crippen molar-refractivity contribution in [3.05, 3.63) is 182 Å². The van der Waals surface area contributed by atoms with Crippen LogP contribution >= 0.6 is 0 Å². The van der Waals surface area contributed by atoms with Crippen LogP contribution in [0, 0.1) is 0 Å².